The second kappa shape index (κ2) is 7.06. The number of para-hydroxylation sites is 1. The molecule has 7 heteroatoms. The Morgan fingerprint density at radius 2 is 2.08 bits per heavy atom. The first-order valence-electron chi connectivity index (χ1n) is 8.24. The minimum Gasteiger partial charge on any atom is -0.391 e. The van der Waals surface area contributed by atoms with Gasteiger partial charge in [-0.3, -0.25) is 9.78 Å². The number of fused-ring (bicyclic) bond motifs is 1. The predicted molar refractivity (Wildman–Crippen MR) is 93.7 cm³/mol. The summed E-state index contributed by atoms with van der Waals surface area (Å²) in [5.41, 5.74) is 7.18. The minimum atomic E-state index is -0.645. The molecule has 0 bridgehead atoms. The molecule has 1 aromatic carbocycles. The maximum atomic E-state index is 12.3. The molecule has 0 unspecified atom stereocenters. The Labute approximate surface area is 146 Å². The smallest absolute Gasteiger partial charge is 0.314 e. The van der Waals surface area contributed by atoms with E-state index in [1.165, 1.54) is 11.9 Å². The second-order valence-corrected chi connectivity index (χ2v) is 6.51. The van der Waals surface area contributed by atoms with Crippen LogP contribution in [0.15, 0.2) is 36.5 Å². The van der Waals surface area contributed by atoms with Crippen LogP contribution in [0.4, 0.5) is 4.79 Å². The summed E-state index contributed by atoms with van der Waals surface area (Å²) in [6.07, 6.45) is 1.85. The lowest BCUT2D eigenvalue weighted by atomic mass is 9.94. The van der Waals surface area contributed by atoms with E-state index in [0.717, 1.165) is 16.5 Å². The molecule has 1 saturated heterocycles. The Morgan fingerprint density at radius 3 is 2.84 bits per heavy atom. The van der Waals surface area contributed by atoms with Crippen LogP contribution in [-0.4, -0.2) is 64.6 Å². The fourth-order valence-electron chi connectivity index (χ4n) is 3.25. The number of likely N-dealkylation sites (N-methyl/N-ethyl adjacent to an activating group) is 1. The number of pyridine rings is 1. The van der Waals surface area contributed by atoms with E-state index < -0.39 is 12.1 Å². The number of primary amides is 1. The molecule has 3 amide bonds. The van der Waals surface area contributed by atoms with E-state index in [0.29, 0.717) is 13.0 Å². The highest BCUT2D eigenvalue weighted by Gasteiger charge is 2.34. The molecule has 1 fully saturated rings. The van der Waals surface area contributed by atoms with Gasteiger partial charge >= 0.3 is 6.03 Å². The van der Waals surface area contributed by atoms with Gasteiger partial charge in [0.05, 0.1) is 11.6 Å². The summed E-state index contributed by atoms with van der Waals surface area (Å²) in [6, 6.07) is 9.20. The lowest BCUT2D eigenvalue weighted by molar-refractivity contribution is -0.130. The van der Waals surface area contributed by atoms with Crippen molar-refractivity contribution in [2.75, 3.05) is 26.7 Å². The maximum Gasteiger partial charge on any atom is 0.314 e. The third-order valence-corrected chi connectivity index (χ3v) is 4.73. The summed E-state index contributed by atoms with van der Waals surface area (Å²) in [6.45, 7) is 0.662. The van der Waals surface area contributed by atoms with Crippen molar-refractivity contribution in [3.63, 3.8) is 0 Å². The van der Waals surface area contributed by atoms with Crippen LogP contribution in [-0.2, 0) is 11.2 Å². The number of carbonyl (C=O) groups excluding carboxylic acids is 2. The zero-order chi connectivity index (χ0) is 18.0. The van der Waals surface area contributed by atoms with Gasteiger partial charge in [0.1, 0.15) is 6.54 Å². The summed E-state index contributed by atoms with van der Waals surface area (Å²) in [5, 5.41) is 11.4. The standard InChI is InChI=1S/C18H22N4O3/c1-21(18(19)25)11-17(24)22-9-13(16(23)10-22)8-12-6-7-20-15-5-3-2-4-14(12)15/h2-7,13,16,23H,8-11H2,1H3,(H2,19,25)/t13-,16-/m1/s1. The number of hydrogen-bond acceptors (Lipinski definition) is 4. The van der Waals surface area contributed by atoms with Gasteiger partial charge < -0.3 is 20.6 Å². The number of nitrogens with two attached hydrogens (primary N) is 1. The zero-order valence-corrected chi connectivity index (χ0v) is 14.1. The van der Waals surface area contributed by atoms with Crippen LogP contribution < -0.4 is 5.73 Å². The molecule has 132 valence electrons. The predicted octanol–water partition coefficient (Wildman–Crippen LogP) is 0.607. The highest BCUT2D eigenvalue weighted by atomic mass is 16.3. The summed E-state index contributed by atoms with van der Waals surface area (Å²) in [7, 11) is 1.48. The summed E-state index contributed by atoms with van der Waals surface area (Å²) in [4.78, 5) is 30.4. The van der Waals surface area contributed by atoms with Crippen LogP contribution in [0.1, 0.15) is 5.56 Å². The number of aliphatic hydroxyl groups excluding tert-OH is 1. The van der Waals surface area contributed by atoms with Gasteiger partial charge in [-0.15, -0.1) is 0 Å². The number of amides is 3. The number of benzene rings is 1. The van der Waals surface area contributed by atoms with Crippen LogP contribution >= 0.6 is 0 Å². The third kappa shape index (κ3) is 3.71. The fraction of sp³-hybridized carbons (Fsp3) is 0.389. The van der Waals surface area contributed by atoms with Crippen molar-refractivity contribution in [2.45, 2.75) is 12.5 Å². The van der Waals surface area contributed by atoms with E-state index in [2.05, 4.69) is 4.98 Å². The molecule has 3 N–H and O–H groups in total. The van der Waals surface area contributed by atoms with Crippen molar-refractivity contribution in [1.29, 1.82) is 0 Å². The van der Waals surface area contributed by atoms with E-state index in [-0.39, 0.29) is 24.9 Å². The van der Waals surface area contributed by atoms with Crippen molar-refractivity contribution in [3.05, 3.63) is 42.1 Å². The second-order valence-electron chi connectivity index (χ2n) is 6.51. The molecule has 2 atom stereocenters. The molecule has 1 aliphatic rings. The SMILES string of the molecule is CN(CC(=O)N1C[C@@H](Cc2ccnc3ccccc23)[C@H](O)C1)C(N)=O. The average Bonchev–Trinajstić information content (AvgIpc) is 2.96. The van der Waals surface area contributed by atoms with Gasteiger partial charge in [0.2, 0.25) is 5.91 Å². The fourth-order valence-corrected chi connectivity index (χ4v) is 3.25. The number of nitrogens with zero attached hydrogens (tertiary/aromatic N) is 3. The number of urea groups is 1. The van der Waals surface area contributed by atoms with E-state index in [1.54, 1.807) is 11.1 Å². The Balaban J connectivity index is 1.70. The first-order valence-corrected chi connectivity index (χ1v) is 8.24. The molecule has 0 radical (unpaired) electrons. The maximum absolute atomic E-state index is 12.3. The zero-order valence-electron chi connectivity index (χ0n) is 14.1. The Morgan fingerprint density at radius 1 is 1.32 bits per heavy atom. The number of carbonyl (C=O) groups is 2. The molecular weight excluding hydrogens is 320 g/mol. The van der Waals surface area contributed by atoms with Gasteiger partial charge in [-0.1, -0.05) is 18.2 Å². The van der Waals surface area contributed by atoms with E-state index in [4.69, 9.17) is 5.73 Å². The van der Waals surface area contributed by atoms with Crippen LogP contribution in [0.5, 0.6) is 0 Å². The summed E-state index contributed by atoms with van der Waals surface area (Å²) < 4.78 is 0. The molecule has 2 aromatic rings. The molecule has 1 aromatic heterocycles. The quantitative estimate of drug-likeness (QED) is 0.850. The molecule has 0 spiro atoms. The molecule has 2 heterocycles. The average molecular weight is 342 g/mol. The number of β-amino-alcohol motifs (C(OH)–C–C–N with tert-alkyl or cyclic N) is 1. The molecule has 7 nitrogen and oxygen atoms in total. The molecular formula is C18H22N4O3. The van der Waals surface area contributed by atoms with Gasteiger partial charge in [0.25, 0.3) is 0 Å². The molecule has 25 heavy (non-hydrogen) atoms. The van der Waals surface area contributed by atoms with Gasteiger partial charge in [-0.05, 0) is 24.1 Å². The molecule has 0 saturated carbocycles. The highest BCUT2D eigenvalue weighted by Crippen LogP contribution is 2.25. The topological polar surface area (TPSA) is 99.8 Å². The number of likely N-dealkylation sites (tertiary alicyclic amines) is 1. The Kier molecular flexibility index (Phi) is 4.85. The van der Waals surface area contributed by atoms with Gasteiger partial charge in [-0.2, -0.15) is 0 Å². The normalized spacial score (nSPS) is 20.0. The van der Waals surface area contributed by atoms with Crippen molar-refractivity contribution in [3.8, 4) is 0 Å². The summed E-state index contributed by atoms with van der Waals surface area (Å²) >= 11 is 0. The first kappa shape index (κ1) is 17.2. The Bertz CT molecular complexity index is 789. The van der Waals surface area contributed by atoms with Crippen LogP contribution in [0, 0.1) is 5.92 Å². The van der Waals surface area contributed by atoms with Crippen LogP contribution in [0.3, 0.4) is 0 Å². The van der Waals surface area contributed by atoms with E-state index >= 15 is 0 Å². The number of aliphatic hydroxyl groups is 1. The number of aromatic nitrogens is 1. The molecule has 0 aliphatic carbocycles. The lowest BCUT2D eigenvalue weighted by Gasteiger charge is -2.20. The van der Waals surface area contributed by atoms with Gasteiger partial charge in [-0.25, -0.2) is 4.79 Å². The van der Waals surface area contributed by atoms with Crippen molar-refractivity contribution in [1.82, 2.24) is 14.8 Å². The van der Waals surface area contributed by atoms with Crippen molar-refractivity contribution in [2.24, 2.45) is 11.7 Å². The van der Waals surface area contributed by atoms with Crippen molar-refractivity contribution < 1.29 is 14.7 Å². The first-order chi connectivity index (χ1) is 12.0. The number of hydrogen-bond donors (Lipinski definition) is 2. The largest absolute Gasteiger partial charge is 0.391 e. The van der Waals surface area contributed by atoms with Gasteiger partial charge in [0.15, 0.2) is 0 Å². The minimum absolute atomic E-state index is 0.0476. The Hall–Kier alpha value is -2.67. The van der Waals surface area contributed by atoms with Gasteiger partial charge in [0, 0.05) is 37.6 Å². The lowest BCUT2D eigenvalue weighted by Crippen LogP contribution is -2.42. The van der Waals surface area contributed by atoms with Crippen LogP contribution in [0.2, 0.25) is 0 Å². The van der Waals surface area contributed by atoms with E-state index in [9.17, 15) is 14.7 Å². The third-order valence-electron chi connectivity index (χ3n) is 4.73. The monoisotopic (exact) mass is 342 g/mol. The molecule has 3 rings (SSSR count). The van der Waals surface area contributed by atoms with E-state index in [1.807, 2.05) is 30.3 Å². The molecule has 1 aliphatic heterocycles. The van der Waals surface area contributed by atoms with Crippen LogP contribution in [0.25, 0.3) is 10.9 Å². The van der Waals surface area contributed by atoms with Crippen molar-refractivity contribution >= 4 is 22.8 Å². The summed E-state index contributed by atoms with van der Waals surface area (Å²) in [5.74, 6) is -0.254. The number of rotatable bonds is 4. The highest BCUT2D eigenvalue weighted by molar-refractivity contribution is 5.84.